The number of likely N-dealkylation sites (tertiary alicyclic amines) is 1. The molecule has 2 fully saturated rings. The van der Waals surface area contributed by atoms with E-state index in [1.807, 2.05) is 59.2 Å². The second-order valence-corrected chi connectivity index (χ2v) is 8.50. The summed E-state index contributed by atoms with van der Waals surface area (Å²) in [6.45, 7) is 2.86. The Bertz CT molecular complexity index is 1010. The lowest BCUT2D eigenvalue weighted by Crippen LogP contribution is -2.43. The molecule has 2 heterocycles. The molecule has 5 heteroatoms. The summed E-state index contributed by atoms with van der Waals surface area (Å²) in [6, 6.07) is 17.3. The minimum atomic E-state index is 0.126. The lowest BCUT2D eigenvalue weighted by atomic mass is 9.92. The Hall–Kier alpha value is -2.66. The predicted molar refractivity (Wildman–Crippen MR) is 115 cm³/mol. The van der Waals surface area contributed by atoms with Crippen LogP contribution in [0.25, 0.3) is 10.9 Å². The second-order valence-electron chi connectivity index (χ2n) is 8.50. The number of nitrogens with zero attached hydrogens (tertiary/aromatic N) is 4. The second kappa shape index (κ2) is 7.64. The molecule has 2 aliphatic rings. The Morgan fingerprint density at radius 2 is 1.90 bits per heavy atom. The van der Waals surface area contributed by atoms with Gasteiger partial charge in [0.05, 0.1) is 18.3 Å². The molecule has 1 aliphatic carbocycles. The lowest BCUT2D eigenvalue weighted by molar-refractivity contribution is 0.0720. The Labute approximate surface area is 171 Å². The van der Waals surface area contributed by atoms with Crippen LogP contribution in [-0.4, -0.2) is 57.7 Å². The molecule has 5 rings (SSSR count). The summed E-state index contributed by atoms with van der Waals surface area (Å²) in [5.74, 6) is 0.126. The Morgan fingerprint density at radius 1 is 1.10 bits per heavy atom. The first-order valence-electron chi connectivity index (χ1n) is 10.7. The molecule has 29 heavy (non-hydrogen) atoms. The van der Waals surface area contributed by atoms with Crippen molar-refractivity contribution in [3.63, 3.8) is 0 Å². The Balaban J connectivity index is 1.24. The summed E-state index contributed by atoms with van der Waals surface area (Å²) in [5, 5.41) is 5.65. The van der Waals surface area contributed by atoms with E-state index in [2.05, 4.69) is 22.1 Å². The number of para-hydroxylation sites is 1. The maximum atomic E-state index is 13.0. The molecule has 1 atom stereocenters. The Kier molecular flexibility index (Phi) is 4.84. The van der Waals surface area contributed by atoms with Gasteiger partial charge in [0.1, 0.15) is 0 Å². The van der Waals surface area contributed by atoms with Crippen molar-refractivity contribution in [1.82, 2.24) is 19.6 Å². The highest BCUT2D eigenvalue weighted by molar-refractivity contribution is 5.94. The molecule has 1 aromatic heterocycles. The van der Waals surface area contributed by atoms with Crippen LogP contribution in [0, 0.1) is 0 Å². The zero-order valence-electron chi connectivity index (χ0n) is 17.0. The highest BCUT2D eigenvalue weighted by Crippen LogP contribution is 2.29. The molecule has 0 radical (unpaired) electrons. The fourth-order valence-corrected chi connectivity index (χ4v) is 4.61. The van der Waals surface area contributed by atoms with Crippen molar-refractivity contribution in [3.8, 4) is 0 Å². The van der Waals surface area contributed by atoms with Crippen molar-refractivity contribution >= 4 is 16.8 Å². The lowest BCUT2D eigenvalue weighted by Gasteiger charge is -2.35. The average Bonchev–Trinajstić information content (AvgIpc) is 3.34. The molecule has 0 bridgehead atoms. The molecule has 1 saturated heterocycles. The fourth-order valence-electron chi connectivity index (χ4n) is 4.61. The zero-order valence-corrected chi connectivity index (χ0v) is 17.0. The summed E-state index contributed by atoms with van der Waals surface area (Å²) in [6.07, 6.45) is 7.01. The van der Waals surface area contributed by atoms with Gasteiger partial charge in [-0.25, -0.2) is 0 Å². The van der Waals surface area contributed by atoms with Gasteiger partial charge in [-0.2, -0.15) is 5.10 Å². The van der Waals surface area contributed by atoms with Crippen molar-refractivity contribution in [3.05, 3.63) is 65.9 Å². The van der Waals surface area contributed by atoms with Crippen LogP contribution in [0.5, 0.6) is 0 Å². The largest absolute Gasteiger partial charge is 0.337 e. The highest BCUT2D eigenvalue weighted by Gasteiger charge is 2.34. The van der Waals surface area contributed by atoms with Crippen LogP contribution >= 0.6 is 0 Å². The number of benzene rings is 2. The molecule has 0 unspecified atom stereocenters. The maximum absolute atomic E-state index is 13.0. The van der Waals surface area contributed by atoms with Crippen LogP contribution in [0.2, 0.25) is 0 Å². The summed E-state index contributed by atoms with van der Waals surface area (Å²) in [5.41, 5.74) is 3.04. The van der Waals surface area contributed by atoms with Gasteiger partial charge in [0, 0.05) is 43.2 Å². The molecule has 5 nitrogen and oxygen atoms in total. The summed E-state index contributed by atoms with van der Waals surface area (Å²) >= 11 is 0. The monoisotopic (exact) mass is 388 g/mol. The highest BCUT2D eigenvalue weighted by atomic mass is 16.2. The van der Waals surface area contributed by atoms with Crippen molar-refractivity contribution in [2.75, 3.05) is 20.1 Å². The van der Waals surface area contributed by atoms with E-state index in [0.717, 1.165) is 47.6 Å². The number of amides is 1. The zero-order chi connectivity index (χ0) is 19.8. The average molecular weight is 389 g/mol. The van der Waals surface area contributed by atoms with Crippen molar-refractivity contribution in [1.29, 1.82) is 0 Å². The number of rotatable bonds is 5. The molecular weight excluding hydrogens is 360 g/mol. The number of hydrogen-bond acceptors (Lipinski definition) is 3. The van der Waals surface area contributed by atoms with Crippen molar-refractivity contribution in [2.45, 2.75) is 44.3 Å². The Morgan fingerprint density at radius 3 is 2.66 bits per heavy atom. The SMILES string of the molecule is CN(C(=O)c1ccc(Cn2ncc3ccccc32)cc1)[C@@H]1CCN(C2CCC2)C1. The summed E-state index contributed by atoms with van der Waals surface area (Å²) in [7, 11) is 1.96. The van der Waals surface area contributed by atoms with Gasteiger partial charge in [-0.15, -0.1) is 0 Å². The third kappa shape index (κ3) is 3.55. The predicted octanol–water partition coefficient (Wildman–Crippen LogP) is 3.78. The van der Waals surface area contributed by atoms with E-state index in [9.17, 15) is 4.79 Å². The van der Waals surface area contributed by atoms with E-state index in [1.54, 1.807) is 0 Å². The van der Waals surface area contributed by atoms with Gasteiger partial charge in [0.15, 0.2) is 0 Å². The van der Waals surface area contributed by atoms with Crippen LogP contribution in [0.1, 0.15) is 41.6 Å². The van der Waals surface area contributed by atoms with Gasteiger partial charge in [0.25, 0.3) is 5.91 Å². The molecule has 1 aliphatic heterocycles. The molecule has 150 valence electrons. The number of fused-ring (bicyclic) bond motifs is 1. The first-order valence-corrected chi connectivity index (χ1v) is 10.7. The molecule has 0 spiro atoms. The fraction of sp³-hybridized carbons (Fsp3) is 0.417. The van der Waals surface area contributed by atoms with Crippen LogP contribution < -0.4 is 0 Å². The van der Waals surface area contributed by atoms with Gasteiger partial charge < -0.3 is 4.90 Å². The van der Waals surface area contributed by atoms with E-state index >= 15 is 0 Å². The van der Waals surface area contributed by atoms with Crippen LogP contribution in [-0.2, 0) is 6.54 Å². The van der Waals surface area contributed by atoms with Crippen molar-refractivity contribution in [2.24, 2.45) is 0 Å². The normalized spacial score (nSPS) is 20.1. The van der Waals surface area contributed by atoms with E-state index in [0.29, 0.717) is 12.6 Å². The molecule has 3 aromatic rings. The van der Waals surface area contributed by atoms with Gasteiger partial charge in [-0.05, 0) is 43.0 Å². The minimum absolute atomic E-state index is 0.126. The summed E-state index contributed by atoms with van der Waals surface area (Å²) in [4.78, 5) is 17.5. The smallest absolute Gasteiger partial charge is 0.253 e. The minimum Gasteiger partial charge on any atom is -0.337 e. The number of likely N-dealkylation sites (N-methyl/N-ethyl adjacent to an activating group) is 1. The molecule has 1 amide bonds. The van der Waals surface area contributed by atoms with Gasteiger partial charge in [-0.3, -0.25) is 14.4 Å². The van der Waals surface area contributed by atoms with Crippen LogP contribution in [0.3, 0.4) is 0 Å². The molecular formula is C24H28N4O. The molecule has 1 saturated carbocycles. The molecule has 2 aromatic carbocycles. The quantitative estimate of drug-likeness (QED) is 0.668. The van der Waals surface area contributed by atoms with Gasteiger partial charge in [-0.1, -0.05) is 36.8 Å². The third-order valence-electron chi connectivity index (χ3n) is 6.74. The molecule has 0 N–H and O–H groups in total. The maximum Gasteiger partial charge on any atom is 0.253 e. The first kappa shape index (κ1) is 18.4. The third-order valence-corrected chi connectivity index (χ3v) is 6.74. The van der Waals surface area contributed by atoms with Gasteiger partial charge in [0.2, 0.25) is 0 Å². The van der Waals surface area contributed by atoms with Crippen molar-refractivity contribution < 1.29 is 4.79 Å². The standard InChI is InChI=1S/C24H28N4O/c1-26(22-13-14-27(17-22)21-6-4-7-21)24(29)19-11-9-18(10-12-19)16-28-23-8-3-2-5-20(23)15-25-28/h2-3,5,8-12,15,21-22H,4,6-7,13-14,16-17H2,1H3/t22-/m1/s1. The number of aromatic nitrogens is 2. The van der Waals surface area contributed by atoms with E-state index in [1.165, 1.54) is 19.3 Å². The topological polar surface area (TPSA) is 41.4 Å². The van der Waals surface area contributed by atoms with Crippen LogP contribution in [0.4, 0.5) is 0 Å². The number of carbonyl (C=O) groups is 1. The van der Waals surface area contributed by atoms with E-state index in [-0.39, 0.29) is 5.91 Å². The summed E-state index contributed by atoms with van der Waals surface area (Å²) < 4.78 is 2.01. The van der Waals surface area contributed by atoms with Gasteiger partial charge >= 0.3 is 0 Å². The van der Waals surface area contributed by atoms with E-state index in [4.69, 9.17) is 0 Å². The number of carbonyl (C=O) groups excluding carboxylic acids is 1. The van der Waals surface area contributed by atoms with E-state index < -0.39 is 0 Å². The first-order chi connectivity index (χ1) is 14.2. The van der Waals surface area contributed by atoms with Crippen LogP contribution in [0.15, 0.2) is 54.7 Å². The number of hydrogen-bond donors (Lipinski definition) is 0.